The Morgan fingerprint density at radius 2 is 2.04 bits per heavy atom. The van der Waals surface area contributed by atoms with Crippen LogP contribution >= 0.6 is 0 Å². The SMILES string of the molecule is Cc1ccc(NC(=O)[C@H]2CC(=O)N(CCc3c[nH]c4ccc(F)cc34)C2)cc1. The van der Waals surface area contributed by atoms with Crippen molar-refractivity contribution in [2.75, 3.05) is 18.4 Å². The highest BCUT2D eigenvalue weighted by Crippen LogP contribution is 2.23. The predicted molar refractivity (Wildman–Crippen MR) is 106 cm³/mol. The number of fused-ring (bicyclic) bond motifs is 1. The van der Waals surface area contributed by atoms with Crippen LogP contribution in [0.25, 0.3) is 10.9 Å². The molecule has 1 aliphatic heterocycles. The Morgan fingerprint density at radius 1 is 1.25 bits per heavy atom. The van der Waals surface area contributed by atoms with Crippen molar-refractivity contribution in [1.29, 1.82) is 0 Å². The Kier molecular flexibility index (Phi) is 4.86. The van der Waals surface area contributed by atoms with Gasteiger partial charge in [0.15, 0.2) is 0 Å². The maximum absolute atomic E-state index is 13.5. The number of rotatable bonds is 5. The van der Waals surface area contributed by atoms with Gasteiger partial charge < -0.3 is 15.2 Å². The molecule has 3 aromatic rings. The summed E-state index contributed by atoms with van der Waals surface area (Å²) in [7, 11) is 0. The normalized spacial score (nSPS) is 16.7. The fourth-order valence-corrected chi connectivity index (χ4v) is 3.66. The van der Waals surface area contributed by atoms with E-state index in [2.05, 4.69) is 10.3 Å². The van der Waals surface area contributed by atoms with Crippen molar-refractivity contribution in [3.05, 3.63) is 65.6 Å². The van der Waals surface area contributed by atoms with Crippen molar-refractivity contribution < 1.29 is 14.0 Å². The molecular formula is C22H22FN3O2. The van der Waals surface area contributed by atoms with E-state index in [1.807, 2.05) is 37.4 Å². The molecule has 0 aliphatic carbocycles. The molecule has 0 spiro atoms. The van der Waals surface area contributed by atoms with E-state index in [1.165, 1.54) is 12.1 Å². The molecular weight excluding hydrogens is 357 g/mol. The van der Waals surface area contributed by atoms with Gasteiger partial charge in [-0.15, -0.1) is 0 Å². The second-order valence-electron chi connectivity index (χ2n) is 7.35. The van der Waals surface area contributed by atoms with Crippen LogP contribution in [0.2, 0.25) is 0 Å². The summed E-state index contributed by atoms with van der Waals surface area (Å²) in [5.74, 6) is -0.781. The zero-order valence-corrected chi connectivity index (χ0v) is 15.7. The molecule has 2 heterocycles. The lowest BCUT2D eigenvalue weighted by Crippen LogP contribution is -2.30. The van der Waals surface area contributed by atoms with Gasteiger partial charge in [-0.3, -0.25) is 9.59 Å². The van der Waals surface area contributed by atoms with E-state index < -0.39 is 0 Å². The number of nitrogens with zero attached hydrogens (tertiary/aromatic N) is 1. The summed E-state index contributed by atoms with van der Waals surface area (Å²) in [6.07, 6.45) is 2.69. The Morgan fingerprint density at radius 3 is 2.82 bits per heavy atom. The molecule has 2 amide bonds. The summed E-state index contributed by atoms with van der Waals surface area (Å²) >= 11 is 0. The molecule has 1 saturated heterocycles. The number of hydrogen-bond acceptors (Lipinski definition) is 2. The van der Waals surface area contributed by atoms with E-state index in [1.54, 1.807) is 11.0 Å². The third-order valence-corrected chi connectivity index (χ3v) is 5.28. The topological polar surface area (TPSA) is 65.2 Å². The standard InChI is InChI=1S/C22H22FN3O2/c1-14-2-5-18(6-3-14)25-22(28)16-10-21(27)26(13-16)9-8-15-12-24-20-7-4-17(23)11-19(15)20/h2-7,11-12,16,24H,8-10,13H2,1H3,(H,25,28)/t16-/m0/s1. The molecule has 2 N–H and O–H groups in total. The quantitative estimate of drug-likeness (QED) is 0.711. The van der Waals surface area contributed by atoms with Crippen LogP contribution in [0, 0.1) is 18.7 Å². The van der Waals surface area contributed by atoms with E-state index in [0.29, 0.717) is 19.5 Å². The number of aromatic nitrogens is 1. The summed E-state index contributed by atoms with van der Waals surface area (Å²) in [6.45, 7) is 2.91. The zero-order chi connectivity index (χ0) is 19.7. The molecule has 0 radical (unpaired) electrons. The average molecular weight is 379 g/mol. The molecule has 0 unspecified atom stereocenters. The van der Waals surface area contributed by atoms with Gasteiger partial charge in [0.2, 0.25) is 11.8 Å². The van der Waals surface area contributed by atoms with Crippen molar-refractivity contribution in [3.8, 4) is 0 Å². The summed E-state index contributed by atoms with van der Waals surface area (Å²) in [6, 6.07) is 12.2. The van der Waals surface area contributed by atoms with Crippen molar-refractivity contribution >= 4 is 28.4 Å². The Balaban J connectivity index is 1.37. The van der Waals surface area contributed by atoms with Gasteiger partial charge in [-0.2, -0.15) is 0 Å². The van der Waals surface area contributed by atoms with Crippen LogP contribution in [0.5, 0.6) is 0 Å². The highest BCUT2D eigenvalue weighted by molar-refractivity contribution is 5.97. The van der Waals surface area contributed by atoms with Crippen molar-refractivity contribution in [3.63, 3.8) is 0 Å². The first-order valence-corrected chi connectivity index (χ1v) is 9.40. The zero-order valence-electron chi connectivity index (χ0n) is 15.7. The third-order valence-electron chi connectivity index (χ3n) is 5.28. The van der Waals surface area contributed by atoms with Crippen molar-refractivity contribution in [2.45, 2.75) is 19.8 Å². The fourth-order valence-electron chi connectivity index (χ4n) is 3.66. The van der Waals surface area contributed by atoms with Crippen LogP contribution < -0.4 is 5.32 Å². The van der Waals surface area contributed by atoms with Gasteiger partial charge in [0, 0.05) is 42.3 Å². The van der Waals surface area contributed by atoms with Crippen LogP contribution in [0.15, 0.2) is 48.7 Å². The Labute approximate surface area is 162 Å². The molecule has 28 heavy (non-hydrogen) atoms. The number of likely N-dealkylation sites (tertiary alicyclic amines) is 1. The van der Waals surface area contributed by atoms with Gasteiger partial charge in [-0.05, 0) is 49.2 Å². The fraction of sp³-hybridized carbons (Fsp3) is 0.273. The monoisotopic (exact) mass is 379 g/mol. The molecule has 6 heteroatoms. The number of benzene rings is 2. The van der Waals surface area contributed by atoms with Crippen LogP contribution in [0.4, 0.5) is 10.1 Å². The lowest BCUT2D eigenvalue weighted by molar-refractivity contribution is -0.128. The smallest absolute Gasteiger partial charge is 0.229 e. The predicted octanol–water partition coefficient (Wildman–Crippen LogP) is 3.65. The second kappa shape index (κ2) is 7.46. The number of hydrogen-bond donors (Lipinski definition) is 2. The van der Waals surface area contributed by atoms with Gasteiger partial charge >= 0.3 is 0 Å². The second-order valence-corrected chi connectivity index (χ2v) is 7.35. The number of nitrogens with one attached hydrogen (secondary N) is 2. The molecule has 5 nitrogen and oxygen atoms in total. The molecule has 1 aliphatic rings. The minimum absolute atomic E-state index is 0.0184. The van der Waals surface area contributed by atoms with Gasteiger partial charge in [0.05, 0.1) is 5.92 Å². The number of aromatic amines is 1. The molecule has 2 aromatic carbocycles. The maximum atomic E-state index is 13.5. The van der Waals surface area contributed by atoms with E-state index >= 15 is 0 Å². The number of H-pyrrole nitrogens is 1. The van der Waals surface area contributed by atoms with Gasteiger partial charge in [-0.25, -0.2) is 4.39 Å². The molecule has 1 atom stereocenters. The molecule has 0 saturated carbocycles. The minimum atomic E-state index is -0.353. The number of carbonyl (C=O) groups is 2. The number of amides is 2. The first kappa shape index (κ1) is 18.2. The van der Waals surface area contributed by atoms with Gasteiger partial charge in [0.1, 0.15) is 5.82 Å². The first-order valence-electron chi connectivity index (χ1n) is 9.40. The number of carbonyl (C=O) groups excluding carboxylic acids is 2. The van der Waals surface area contributed by atoms with Crippen LogP contribution in [-0.2, 0) is 16.0 Å². The largest absolute Gasteiger partial charge is 0.361 e. The van der Waals surface area contributed by atoms with E-state index in [-0.39, 0.29) is 30.0 Å². The summed E-state index contributed by atoms with van der Waals surface area (Å²) < 4.78 is 13.5. The summed E-state index contributed by atoms with van der Waals surface area (Å²) in [4.78, 5) is 29.7. The van der Waals surface area contributed by atoms with Gasteiger partial charge in [-0.1, -0.05) is 17.7 Å². The number of aryl methyl sites for hydroxylation is 1. The molecule has 144 valence electrons. The minimum Gasteiger partial charge on any atom is -0.361 e. The molecule has 1 fully saturated rings. The van der Waals surface area contributed by atoms with E-state index in [4.69, 9.17) is 0 Å². The molecule has 1 aromatic heterocycles. The molecule has 0 bridgehead atoms. The van der Waals surface area contributed by atoms with E-state index in [0.717, 1.165) is 27.7 Å². The lowest BCUT2D eigenvalue weighted by Gasteiger charge is -2.16. The maximum Gasteiger partial charge on any atom is 0.229 e. The molecule has 4 rings (SSSR count). The van der Waals surface area contributed by atoms with Gasteiger partial charge in [0.25, 0.3) is 0 Å². The van der Waals surface area contributed by atoms with Crippen LogP contribution in [-0.4, -0.2) is 34.8 Å². The number of anilines is 1. The summed E-state index contributed by atoms with van der Waals surface area (Å²) in [5.41, 5.74) is 3.70. The highest BCUT2D eigenvalue weighted by Gasteiger charge is 2.34. The van der Waals surface area contributed by atoms with Crippen LogP contribution in [0.1, 0.15) is 17.5 Å². The van der Waals surface area contributed by atoms with E-state index in [9.17, 15) is 14.0 Å². The Hall–Kier alpha value is -3.15. The lowest BCUT2D eigenvalue weighted by atomic mass is 10.1. The highest BCUT2D eigenvalue weighted by atomic mass is 19.1. The number of halogens is 1. The Bertz CT molecular complexity index is 1030. The average Bonchev–Trinajstić information content (AvgIpc) is 3.25. The van der Waals surface area contributed by atoms with Crippen molar-refractivity contribution in [2.24, 2.45) is 5.92 Å². The summed E-state index contributed by atoms with van der Waals surface area (Å²) in [5, 5.41) is 3.72. The van der Waals surface area contributed by atoms with Crippen molar-refractivity contribution in [1.82, 2.24) is 9.88 Å². The third kappa shape index (κ3) is 3.76. The first-order chi connectivity index (χ1) is 13.5. The van der Waals surface area contributed by atoms with Crippen LogP contribution in [0.3, 0.4) is 0 Å².